The van der Waals surface area contributed by atoms with Crippen LogP contribution in [-0.4, -0.2) is 22.8 Å². The largest absolute Gasteiger partial charge is 0.360 e. The zero-order chi connectivity index (χ0) is 12.6. The lowest BCUT2D eigenvalue weighted by Crippen LogP contribution is -2.09. The van der Waals surface area contributed by atoms with Crippen molar-refractivity contribution in [1.82, 2.24) is 4.98 Å². The minimum Gasteiger partial charge on any atom is -0.360 e. The molecule has 2 rings (SSSR count). The number of carbonyl (C=O) groups excluding carboxylic acids is 3. The second kappa shape index (κ2) is 3.93. The maximum Gasteiger partial charge on any atom is 0.230 e. The average Bonchev–Trinajstić information content (AvgIpc) is 2.74. The molecule has 0 unspecified atom stereocenters. The van der Waals surface area contributed by atoms with E-state index in [0.29, 0.717) is 6.29 Å². The second-order valence-electron chi connectivity index (χ2n) is 3.59. The van der Waals surface area contributed by atoms with Crippen LogP contribution in [0.15, 0.2) is 18.3 Å². The molecule has 86 valence electrons. The van der Waals surface area contributed by atoms with E-state index in [2.05, 4.69) is 4.98 Å². The van der Waals surface area contributed by atoms with Gasteiger partial charge in [-0.3, -0.25) is 14.4 Å². The van der Waals surface area contributed by atoms with Crippen LogP contribution in [0.4, 0.5) is 4.39 Å². The number of fused-ring (bicyclic) bond motifs is 1. The fourth-order valence-electron chi connectivity index (χ4n) is 1.70. The molecule has 0 saturated heterocycles. The first-order valence-corrected chi connectivity index (χ1v) is 4.86. The van der Waals surface area contributed by atoms with Gasteiger partial charge in [0.25, 0.3) is 0 Å². The maximum atomic E-state index is 13.6. The molecule has 1 heterocycles. The minimum atomic E-state index is -0.779. The zero-order valence-corrected chi connectivity index (χ0v) is 8.91. The molecule has 0 amide bonds. The quantitative estimate of drug-likeness (QED) is 0.500. The molecule has 0 spiro atoms. The van der Waals surface area contributed by atoms with E-state index in [1.165, 1.54) is 12.3 Å². The molecular formula is C12H8FNO3. The van der Waals surface area contributed by atoms with Crippen molar-refractivity contribution in [2.75, 3.05) is 0 Å². The van der Waals surface area contributed by atoms with Gasteiger partial charge in [-0.2, -0.15) is 0 Å². The molecule has 1 aromatic heterocycles. The van der Waals surface area contributed by atoms with Gasteiger partial charge >= 0.3 is 0 Å². The van der Waals surface area contributed by atoms with Crippen LogP contribution in [0.5, 0.6) is 0 Å². The van der Waals surface area contributed by atoms with E-state index in [0.717, 1.165) is 13.0 Å². The van der Waals surface area contributed by atoms with Gasteiger partial charge in [-0.25, -0.2) is 4.39 Å². The van der Waals surface area contributed by atoms with Gasteiger partial charge in [0.2, 0.25) is 5.78 Å². The number of hydrogen-bond donors (Lipinski definition) is 1. The SMILES string of the molecule is CC(=O)C(=O)c1c[nH]c2c(C=O)ccc(F)c12. The molecule has 1 N–H and O–H groups in total. The summed E-state index contributed by atoms with van der Waals surface area (Å²) in [6, 6.07) is 2.40. The highest BCUT2D eigenvalue weighted by Crippen LogP contribution is 2.24. The van der Waals surface area contributed by atoms with Crippen molar-refractivity contribution in [1.29, 1.82) is 0 Å². The number of rotatable bonds is 3. The number of carbonyl (C=O) groups is 3. The van der Waals surface area contributed by atoms with Crippen LogP contribution in [0.2, 0.25) is 0 Å². The Balaban J connectivity index is 2.80. The summed E-state index contributed by atoms with van der Waals surface area (Å²) in [4.78, 5) is 35.9. The summed E-state index contributed by atoms with van der Waals surface area (Å²) in [7, 11) is 0. The van der Waals surface area contributed by atoms with Crippen molar-refractivity contribution in [2.24, 2.45) is 0 Å². The molecule has 0 bridgehead atoms. The Bertz CT molecular complexity index is 642. The highest BCUT2D eigenvalue weighted by Gasteiger charge is 2.20. The highest BCUT2D eigenvalue weighted by atomic mass is 19.1. The summed E-state index contributed by atoms with van der Waals surface area (Å²) in [6.45, 7) is 1.11. The van der Waals surface area contributed by atoms with Crippen molar-refractivity contribution < 1.29 is 18.8 Å². The lowest BCUT2D eigenvalue weighted by molar-refractivity contribution is -0.113. The molecule has 0 aliphatic carbocycles. The Kier molecular flexibility index (Phi) is 2.59. The second-order valence-corrected chi connectivity index (χ2v) is 3.59. The number of Topliss-reactive ketones (excluding diaryl/α,β-unsaturated/α-hetero) is 2. The number of nitrogens with one attached hydrogen (secondary N) is 1. The molecule has 0 atom stereocenters. The number of aromatic nitrogens is 1. The van der Waals surface area contributed by atoms with E-state index >= 15 is 0 Å². The number of aromatic amines is 1. The summed E-state index contributed by atoms with van der Waals surface area (Å²) in [6.07, 6.45) is 1.80. The minimum absolute atomic E-state index is 0.0187. The number of aldehydes is 1. The van der Waals surface area contributed by atoms with Crippen molar-refractivity contribution in [3.05, 3.63) is 35.3 Å². The van der Waals surface area contributed by atoms with Crippen LogP contribution < -0.4 is 0 Å². The van der Waals surface area contributed by atoms with Gasteiger partial charge in [-0.1, -0.05) is 0 Å². The molecule has 0 radical (unpaired) electrons. The fraction of sp³-hybridized carbons (Fsp3) is 0.0833. The first-order valence-electron chi connectivity index (χ1n) is 4.86. The lowest BCUT2D eigenvalue weighted by atomic mass is 10.0. The topological polar surface area (TPSA) is 67.0 Å². The Morgan fingerprint density at radius 2 is 2.06 bits per heavy atom. The molecule has 0 aliphatic heterocycles. The molecule has 0 saturated carbocycles. The predicted octanol–water partition coefficient (Wildman–Crippen LogP) is 1.89. The van der Waals surface area contributed by atoms with Crippen molar-refractivity contribution in [3.63, 3.8) is 0 Å². The first kappa shape index (κ1) is 11.2. The van der Waals surface area contributed by atoms with Crippen LogP contribution in [0.25, 0.3) is 10.9 Å². The average molecular weight is 233 g/mol. The Labute approximate surface area is 95.4 Å². The van der Waals surface area contributed by atoms with Crippen LogP contribution in [0.3, 0.4) is 0 Å². The van der Waals surface area contributed by atoms with E-state index in [1.54, 1.807) is 0 Å². The van der Waals surface area contributed by atoms with Crippen molar-refractivity contribution in [2.45, 2.75) is 6.92 Å². The van der Waals surface area contributed by atoms with Crippen molar-refractivity contribution in [3.8, 4) is 0 Å². The highest BCUT2D eigenvalue weighted by molar-refractivity contribution is 6.45. The molecule has 0 aliphatic rings. The standard InChI is InChI=1S/C12H8FNO3/c1-6(16)12(17)8-4-14-11-7(5-15)2-3-9(13)10(8)11/h2-5,14H,1H3. The third kappa shape index (κ3) is 1.65. The van der Waals surface area contributed by atoms with Gasteiger partial charge in [0.1, 0.15) is 5.82 Å². The third-order valence-electron chi connectivity index (χ3n) is 2.51. The Hall–Kier alpha value is -2.30. The van der Waals surface area contributed by atoms with Crippen LogP contribution in [0.1, 0.15) is 27.6 Å². The molecule has 0 fully saturated rings. The fourth-order valence-corrected chi connectivity index (χ4v) is 1.70. The summed E-state index contributed by atoms with van der Waals surface area (Å²) >= 11 is 0. The Morgan fingerprint density at radius 3 is 2.65 bits per heavy atom. The molecule has 1 aromatic carbocycles. The summed E-state index contributed by atoms with van der Waals surface area (Å²) in [5, 5.41) is -0.0187. The van der Waals surface area contributed by atoms with Crippen LogP contribution in [0, 0.1) is 5.82 Å². The lowest BCUT2D eigenvalue weighted by Gasteiger charge is -1.98. The van der Waals surface area contributed by atoms with Crippen molar-refractivity contribution >= 4 is 28.8 Å². The van der Waals surface area contributed by atoms with E-state index in [4.69, 9.17) is 0 Å². The third-order valence-corrected chi connectivity index (χ3v) is 2.51. The van der Waals surface area contributed by atoms with Gasteiger partial charge < -0.3 is 4.98 Å². The molecule has 17 heavy (non-hydrogen) atoms. The van der Waals surface area contributed by atoms with Gasteiger partial charge in [-0.15, -0.1) is 0 Å². The Morgan fingerprint density at radius 1 is 1.35 bits per heavy atom. The monoisotopic (exact) mass is 233 g/mol. The maximum absolute atomic E-state index is 13.6. The first-order chi connectivity index (χ1) is 8.06. The number of halogens is 1. The van der Waals surface area contributed by atoms with E-state index in [9.17, 15) is 18.8 Å². The van der Waals surface area contributed by atoms with Gasteiger partial charge in [0, 0.05) is 24.1 Å². The van der Waals surface area contributed by atoms with E-state index in [-0.39, 0.29) is 22.0 Å². The number of ketones is 2. The molecule has 2 aromatic rings. The summed E-state index contributed by atoms with van der Waals surface area (Å²) < 4.78 is 13.6. The zero-order valence-electron chi connectivity index (χ0n) is 8.91. The van der Waals surface area contributed by atoms with Crippen LogP contribution >= 0.6 is 0 Å². The normalized spacial score (nSPS) is 10.5. The summed E-state index contributed by atoms with van der Waals surface area (Å²) in [5.74, 6) is -2.10. The smallest absolute Gasteiger partial charge is 0.230 e. The summed E-state index contributed by atoms with van der Waals surface area (Å²) in [5.41, 5.74) is 0.419. The molecule has 5 heteroatoms. The van der Waals surface area contributed by atoms with Crippen LogP contribution in [-0.2, 0) is 4.79 Å². The van der Waals surface area contributed by atoms with Gasteiger partial charge in [-0.05, 0) is 12.1 Å². The molecular weight excluding hydrogens is 225 g/mol. The van der Waals surface area contributed by atoms with Gasteiger partial charge in [0.05, 0.1) is 11.1 Å². The predicted molar refractivity (Wildman–Crippen MR) is 58.7 cm³/mol. The van der Waals surface area contributed by atoms with E-state index < -0.39 is 17.4 Å². The van der Waals surface area contributed by atoms with Gasteiger partial charge in [0.15, 0.2) is 12.1 Å². The number of H-pyrrole nitrogens is 1. The number of benzene rings is 1. The molecule has 4 nitrogen and oxygen atoms in total. The van der Waals surface area contributed by atoms with E-state index in [1.807, 2.05) is 0 Å². The number of hydrogen-bond acceptors (Lipinski definition) is 3.